The molecule has 0 fully saturated rings. The number of aryl methyl sites for hydroxylation is 3. The van der Waals surface area contributed by atoms with E-state index in [9.17, 15) is 9.59 Å². The van der Waals surface area contributed by atoms with Gasteiger partial charge in [0.1, 0.15) is 17.1 Å². The number of para-hydroxylation sites is 2. The molecule has 2 N–H and O–H groups in total. The summed E-state index contributed by atoms with van der Waals surface area (Å²) in [5.41, 5.74) is 2.07. The second-order valence-electron chi connectivity index (χ2n) is 6.04. The summed E-state index contributed by atoms with van der Waals surface area (Å²) in [7, 11) is 1.98. The number of carbonyl (C=O) groups is 2. The van der Waals surface area contributed by atoms with Gasteiger partial charge in [0, 0.05) is 32.5 Å². The zero-order chi connectivity index (χ0) is 18.7. The lowest BCUT2D eigenvalue weighted by Gasteiger charge is -2.04. The van der Waals surface area contributed by atoms with Gasteiger partial charge in [-0.2, -0.15) is 0 Å². The molecule has 0 radical (unpaired) electrons. The summed E-state index contributed by atoms with van der Waals surface area (Å²) in [6, 6.07) is 9.21. The van der Waals surface area contributed by atoms with E-state index >= 15 is 0 Å². The lowest BCUT2D eigenvalue weighted by atomic mass is 10.2. The second-order valence-corrected chi connectivity index (χ2v) is 6.04. The molecule has 0 aliphatic heterocycles. The number of nitrogens with zero attached hydrogens (tertiary/aromatic N) is 2. The Morgan fingerprint density at radius 1 is 1.31 bits per heavy atom. The fourth-order valence-corrected chi connectivity index (χ4v) is 2.94. The number of aromatic carboxylic acids is 1. The highest BCUT2D eigenvalue weighted by Crippen LogP contribution is 2.17. The van der Waals surface area contributed by atoms with Crippen molar-refractivity contribution in [2.75, 3.05) is 6.54 Å². The van der Waals surface area contributed by atoms with Crippen molar-refractivity contribution in [1.82, 2.24) is 14.9 Å². The maximum Gasteiger partial charge on any atom is 0.339 e. The Morgan fingerprint density at radius 2 is 2.08 bits per heavy atom. The molecule has 2 heterocycles. The first-order chi connectivity index (χ1) is 12.5. The molecule has 0 unspecified atom stereocenters. The zero-order valence-corrected chi connectivity index (χ0v) is 14.8. The Balaban J connectivity index is 1.57. The van der Waals surface area contributed by atoms with Crippen LogP contribution in [0.25, 0.3) is 11.0 Å². The molecule has 7 heteroatoms. The summed E-state index contributed by atoms with van der Waals surface area (Å²) in [4.78, 5) is 27.9. The number of rotatable bonds is 7. The molecule has 26 heavy (non-hydrogen) atoms. The molecule has 0 bridgehead atoms. The summed E-state index contributed by atoms with van der Waals surface area (Å²) in [6.45, 7) is 2.23. The van der Waals surface area contributed by atoms with Gasteiger partial charge in [0.25, 0.3) is 5.91 Å². The van der Waals surface area contributed by atoms with E-state index in [0.717, 1.165) is 29.7 Å². The Labute approximate surface area is 150 Å². The van der Waals surface area contributed by atoms with E-state index in [-0.39, 0.29) is 11.3 Å². The van der Waals surface area contributed by atoms with Gasteiger partial charge in [-0.3, -0.25) is 4.79 Å². The molecule has 0 saturated heterocycles. The summed E-state index contributed by atoms with van der Waals surface area (Å²) in [5.74, 6) is -0.201. The number of hydrogen-bond donors (Lipinski definition) is 2. The number of amides is 1. The van der Waals surface area contributed by atoms with Gasteiger partial charge >= 0.3 is 5.97 Å². The topological polar surface area (TPSA) is 97.4 Å². The van der Waals surface area contributed by atoms with Crippen molar-refractivity contribution in [2.45, 2.75) is 26.2 Å². The lowest BCUT2D eigenvalue weighted by molar-refractivity contribution is 0.0694. The van der Waals surface area contributed by atoms with Gasteiger partial charge in [-0.1, -0.05) is 19.1 Å². The van der Waals surface area contributed by atoms with E-state index in [1.54, 1.807) is 6.92 Å². The van der Waals surface area contributed by atoms with Crippen LogP contribution in [0.1, 0.15) is 45.8 Å². The van der Waals surface area contributed by atoms with Crippen LogP contribution in [0.2, 0.25) is 0 Å². The number of carbonyl (C=O) groups excluding carboxylic acids is 1. The molecule has 0 saturated carbocycles. The fourth-order valence-electron chi connectivity index (χ4n) is 2.94. The zero-order valence-electron chi connectivity index (χ0n) is 14.8. The highest BCUT2D eigenvalue weighted by Gasteiger charge is 2.19. The highest BCUT2D eigenvalue weighted by atomic mass is 16.4. The van der Waals surface area contributed by atoms with E-state index in [1.807, 2.05) is 31.3 Å². The number of benzene rings is 1. The van der Waals surface area contributed by atoms with Crippen molar-refractivity contribution in [3.63, 3.8) is 0 Å². The molecule has 0 spiro atoms. The number of nitrogens with one attached hydrogen (secondary N) is 1. The Hall–Kier alpha value is -3.09. The summed E-state index contributed by atoms with van der Waals surface area (Å²) in [6.07, 6.45) is 1.86. The molecule has 3 aromatic rings. The first-order valence-corrected chi connectivity index (χ1v) is 8.55. The number of carboxylic acid groups (broad SMARTS) is 1. The Morgan fingerprint density at radius 3 is 2.73 bits per heavy atom. The number of imidazole rings is 1. The number of hydrogen-bond acceptors (Lipinski definition) is 4. The van der Waals surface area contributed by atoms with Crippen LogP contribution in [-0.4, -0.2) is 33.1 Å². The summed E-state index contributed by atoms with van der Waals surface area (Å²) < 4.78 is 7.40. The Bertz CT molecular complexity index is 955. The van der Waals surface area contributed by atoms with Crippen molar-refractivity contribution in [2.24, 2.45) is 7.05 Å². The van der Waals surface area contributed by atoms with Gasteiger partial charge in [-0.05, 0) is 18.6 Å². The predicted molar refractivity (Wildman–Crippen MR) is 96.4 cm³/mol. The van der Waals surface area contributed by atoms with Crippen LogP contribution < -0.4 is 5.32 Å². The molecule has 7 nitrogen and oxygen atoms in total. The molecule has 0 aliphatic carbocycles. The van der Waals surface area contributed by atoms with E-state index in [2.05, 4.69) is 14.9 Å². The molecule has 1 amide bonds. The van der Waals surface area contributed by atoms with Crippen LogP contribution in [0.4, 0.5) is 0 Å². The Kier molecular flexibility index (Phi) is 5.06. The van der Waals surface area contributed by atoms with Crippen molar-refractivity contribution in [3.05, 3.63) is 53.2 Å². The number of fused-ring (bicyclic) bond motifs is 1. The summed E-state index contributed by atoms with van der Waals surface area (Å²) >= 11 is 0. The maximum absolute atomic E-state index is 12.1. The molecule has 3 rings (SSSR count). The van der Waals surface area contributed by atoms with Crippen molar-refractivity contribution >= 4 is 22.9 Å². The third kappa shape index (κ3) is 3.46. The van der Waals surface area contributed by atoms with Gasteiger partial charge in [0.15, 0.2) is 5.76 Å². The van der Waals surface area contributed by atoms with E-state index in [4.69, 9.17) is 9.52 Å². The van der Waals surface area contributed by atoms with Gasteiger partial charge < -0.3 is 19.4 Å². The predicted octanol–water partition coefficient (Wildman–Crippen LogP) is 2.79. The van der Waals surface area contributed by atoms with Crippen LogP contribution in [0.15, 0.2) is 34.7 Å². The first kappa shape index (κ1) is 17.7. The molecule has 136 valence electrons. The fraction of sp³-hybridized carbons (Fsp3) is 0.316. The lowest BCUT2D eigenvalue weighted by Crippen LogP contribution is -2.24. The summed E-state index contributed by atoms with van der Waals surface area (Å²) in [5, 5.41) is 11.9. The third-order valence-corrected chi connectivity index (χ3v) is 4.33. The van der Waals surface area contributed by atoms with Gasteiger partial charge in [0.05, 0.1) is 11.0 Å². The third-order valence-electron chi connectivity index (χ3n) is 4.33. The highest BCUT2D eigenvalue weighted by molar-refractivity contribution is 5.96. The minimum atomic E-state index is -1.09. The molecule has 1 aromatic carbocycles. The minimum absolute atomic E-state index is 0.0296. The monoisotopic (exact) mass is 355 g/mol. The number of furan rings is 1. The van der Waals surface area contributed by atoms with Gasteiger partial charge in [-0.25, -0.2) is 9.78 Å². The van der Waals surface area contributed by atoms with Crippen LogP contribution >= 0.6 is 0 Å². The van der Waals surface area contributed by atoms with Gasteiger partial charge in [-0.15, -0.1) is 0 Å². The van der Waals surface area contributed by atoms with E-state index in [1.165, 1.54) is 6.07 Å². The molecule has 2 aromatic heterocycles. The number of aromatic nitrogens is 2. The quantitative estimate of drug-likeness (QED) is 0.635. The molecular formula is C19H21N3O4. The van der Waals surface area contributed by atoms with Crippen molar-refractivity contribution in [3.8, 4) is 0 Å². The van der Waals surface area contributed by atoms with Crippen LogP contribution in [0.5, 0.6) is 0 Å². The molecular weight excluding hydrogens is 334 g/mol. The van der Waals surface area contributed by atoms with E-state index < -0.39 is 11.9 Å². The maximum atomic E-state index is 12.1. The largest absolute Gasteiger partial charge is 0.478 e. The van der Waals surface area contributed by atoms with Crippen LogP contribution in [-0.2, 0) is 19.9 Å². The molecule has 0 aliphatic rings. The average Bonchev–Trinajstić information content (AvgIpc) is 3.21. The molecule has 0 atom stereocenters. The van der Waals surface area contributed by atoms with Crippen LogP contribution in [0, 0.1) is 0 Å². The van der Waals surface area contributed by atoms with Crippen molar-refractivity contribution in [1.29, 1.82) is 0 Å². The second kappa shape index (κ2) is 7.43. The first-order valence-electron chi connectivity index (χ1n) is 8.55. The average molecular weight is 355 g/mol. The smallest absolute Gasteiger partial charge is 0.339 e. The van der Waals surface area contributed by atoms with Crippen LogP contribution in [0.3, 0.4) is 0 Å². The SMILES string of the molecule is CCc1oc(C(=O)NCCCc2nc3ccccc3n2C)cc1C(=O)O. The van der Waals surface area contributed by atoms with Crippen molar-refractivity contribution < 1.29 is 19.1 Å². The minimum Gasteiger partial charge on any atom is -0.478 e. The number of carboxylic acids is 1. The van der Waals surface area contributed by atoms with Gasteiger partial charge in [0.2, 0.25) is 0 Å². The normalized spacial score (nSPS) is 11.0. The standard InChI is InChI=1S/C19H21N3O4/c1-3-15-12(19(24)25)11-16(26-15)18(23)20-10-6-9-17-21-13-7-4-5-8-14(13)22(17)2/h4-5,7-8,11H,3,6,9-10H2,1-2H3,(H,20,23)(H,24,25). The van der Waals surface area contributed by atoms with E-state index in [0.29, 0.717) is 18.7 Å².